The molecule has 1 rings (SSSR count). The van der Waals surface area contributed by atoms with Crippen molar-refractivity contribution in [3.63, 3.8) is 0 Å². The van der Waals surface area contributed by atoms with Gasteiger partial charge in [-0.25, -0.2) is 0 Å². The molecule has 0 bridgehead atoms. The Bertz CT molecular complexity index is 305. The Morgan fingerprint density at radius 2 is 2.12 bits per heavy atom. The van der Waals surface area contributed by atoms with E-state index in [1.165, 1.54) is 0 Å². The highest BCUT2D eigenvalue weighted by Gasteiger charge is 2.22. The van der Waals surface area contributed by atoms with E-state index >= 15 is 0 Å². The molecule has 1 unspecified atom stereocenters. The zero-order valence-corrected chi connectivity index (χ0v) is 10.6. The molecule has 1 aromatic heterocycles. The van der Waals surface area contributed by atoms with Crippen LogP contribution >= 0.6 is 0 Å². The Morgan fingerprint density at radius 1 is 1.44 bits per heavy atom. The molecule has 1 heterocycles. The number of nitrogens with zero attached hydrogens (tertiary/aromatic N) is 2. The molecular formula is C13H22N2O. The Morgan fingerprint density at radius 3 is 2.56 bits per heavy atom. The molecule has 3 heteroatoms. The molecule has 3 nitrogen and oxygen atoms in total. The Hall–Kier alpha value is -0.930. The number of hydrogen-bond acceptors (Lipinski definition) is 3. The van der Waals surface area contributed by atoms with E-state index in [4.69, 9.17) is 0 Å². The molecule has 0 spiro atoms. The third kappa shape index (κ3) is 3.91. The SMILES string of the molecule is CCN(CC(C)(C)O)C(C)c1ccccn1. The summed E-state index contributed by atoms with van der Waals surface area (Å²) in [4.78, 5) is 6.58. The summed E-state index contributed by atoms with van der Waals surface area (Å²) in [6, 6.07) is 6.18. The molecule has 0 saturated carbocycles. The summed E-state index contributed by atoms with van der Waals surface area (Å²) in [5.41, 5.74) is 0.382. The molecule has 1 N–H and O–H groups in total. The predicted molar refractivity (Wildman–Crippen MR) is 66.2 cm³/mol. The van der Waals surface area contributed by atoms with E-state index in [-0.39, 0.29) is 6.04 Å². The first kappa shape index (κ1) is 13.1. The summed E-state index contributed by atoms with van der Waals surface area (Å²) in [5.74, 6) is 0. The van der Waals surface area contributed by atoms with Crippen molar-refractivity contribution in [3.8, 4) is 0 Å². The fourth-order valence-corrected chi connectivity index (χ4v) is 1.83. The molecule has 90 valence electrons. The van der Waals surface area contributed by atoms with Gasteiger partial charge in [0.2, 0.25) is 0 Å². The molecule has 0 aliphatic rings. The second-order valence-electron chi connectivity index (χ2n) is 4.81. The summed E-state index contributed by atoms with van der Waals surface area (Å²) < 4.78 is 0. The van der Waals surface area contributed by atoms with Crippen molar-refractivity contribution in [3.05, 3.63) is 30.1 Å². The zero-order valence-electron chi connectivity index (χ0n) is 10.6. The first-order chi connectivity index (χ1) is 7.44. The second-order valence-corrected chi connectivity index (χ2v) is 4.81. The Balaban J connectivity index is 2.74. The predicted octanol–water partition coefficient (Wildman–Crippen LogP) is 2.24. The quantitative estimate of drug-likeness (QED) is 0.830. The van der Waals surface area contributed by atoms with Crippen LogP contribution < -0.4 is 0 Å². The molecule has 0 saturated heterocycles. The van der Waals surface area contributed by atoms with Gasteiger partial charge in [0, 0.05) is 18.8 Å². The lowest BCUT2D eigenvalue weighted by molar-refractivity contribution is 0.0243. The highest BCUT2D eigenvalue weighted by molar-refractivity contribution is 5.08. The molecule has 16 heavy (non-hydrogen) atoms. The molecule has 0 fully saturated rings. The van der Waals surface area contributed by atoms with Crippen molar-refractivity contribution in [1.82, 2.24) is 9.88 Å². The van der Waals surface area contributed by atoms with Crippen LogP contribution in [-0.4, -0.2) is 33.7 Å². The third-order valence-electron chi connectivity index (χ3n) is 2.66. The first-order valence-electron chi connectivity index (χ1n) is 5.81. The third-order valence-corrected chi connectivity index (χ3v) is 2.66. The topological polar surface area (TPSA) is 36.4 Å². The van der Waals surface area contributed by atoms with Gasteiger partial charge in [-0.15, -0.1) is 0 Å². The molecule has 0 aliphatic heterocycles. The summed E-state index contributed by atoms with van der Waals surface area (Å²) in [7, 11) is 0. The van der Waals surface area contributed by atoms with Crippen molar-refractivity contribution < 1.29 is 5.11 Å². The van der Waals surface area contributed by atoms with Crippen molar-refractivity contribution >= 4 is 0 Å². The number of rotatable bonds is 5. The van der Waals surface area contributed by atoms with Gasteiger partial charge in [-0.1, -0.05) is 13.0 Å². The van der Waals surface area contributed by atoms with E-state index < -0.39 is 5.60 Å². The number of aromatic nitrogens is 1. The number of likely N-dealkylation sites (N-methyl/N-ethyl adjacent to an activating group) is 1. The first-order valence-corrected chi connectivity index (χ1v) is 5.81. The van der Waals surface area contributed by atoms with Gasteiger partial charge in [0.25, 0.3) is 0 Å². The lowest BCUT2D eigenvalue weighted by Gasteiger charge is -2.32. The maximum absolute atomic E-state index is 9.85. The molecule has 0 radical (unpaired) electrons. The molecule has 1 aromatic rings. The number of aliphatic hydroxyl groups is 1. The lowest BCUT2D eigenvalue weighted by Crippen LogP contribution is -2.40. The van der Waals surface area contributed by atoms with Crippen molar-refractivity contribution in [1.29, 1.82) is 0 Å². The van der Waals surface area contributed by atoms with E-state index in [0.29, 0.717) is 6.54 Å². The zero-order chi connectivity index (χ0) is 12.2. The van der Waals surface area contributed by atoms with Gasteiger partial charge >= 0.3 is 0 Å². The summed E-state index contributed by atoms with van der Waals surface area (Å²) >= 11 is 0. The van der Waals surface area contributed by atoms with Gasteiger partial charge in [-0.2, -0.15) is 0 Å². The van der Waals surface area contributed by atoms with Crippen LogP contribution in [0.3, 0.4) is 0 Å². The van der Waals surface area contributed by atoms with Gasteiger partial charge in [-0.3, -0.25) is 9.88 Å². The van der Waals surface area contributed by atoms with Crippen LogP contribution in [0, 0.1) is 0 Å². The average molecular weight is 222 g/mol. The molecular weight excluding hydrogens is 200 g/mol. The Kier molecular flexibility index (Phi) is 4.44. The van der Waals surface area contributed by atoms with E-state index in [0.717, 1.165) is 12.2 Å². The largest absolute Gasteiger partial charge is 0.389 e. The highest BCUT2D eigenvalue weighted by Crippen LogP contribution is 2.19. The van der Waals surface area contributed by atoms with Gasteiger partial charge in [0.1, 0.15) is 0 Å². The van der Waals surface area contributed by atoms with Crippen molar-refractivity contribution in [2.45, 2.75) is 39.3 Å². The van der Waals surface area contributed by atoms with Gasteiger partial charge < -0.3 is 5.11 Å². The van der Waals surface area contributed by atoms with Gasteiger partial charge in [0.05, 0.1) is 11.3 Å². The summed E-state index contributed by atoms with van der Waals surface area (Å²) in [6.07, 6.45) is 1.81. The molecule has 0 aromatic carbocycles. The van der Waals surface area contributed by atoms with E-state index in [2.05, 4.69) is 23.7 Å². The minimum Gasteiger partial charge on any atom is -0.389 e. The fraction of sp³-hybridized carbons (Fsp3) is 0.615. The second kappa shape index (κ2) is 5.41. The maximum atomic E-state index is 9.85. The van der Waals surface area contributed by atoms with Gasteiger partial charge in [-0.05, 0) is 39.4 Å². The van der Waals surface area contributed by atoms with Crippen molar-refractivity contribution in [2.75, 3.05) is 13.1 Å². The van der Waals surface area contributed by atoms with E-state index in [1.54, 1.807) is 0 Å². The van der Waals surface area contributed by atoms with Gasteiger partial charge in [0.15, 0.2) is 0 Å². The van der Waals surface area contributed by atoms with E-state index in [1.807, 2.05) is 38.2 Å². The molecule has 0 amide bonds. The van der Waals surface area contributed by atoms with Crippen LogP contribution in [0.1, 0.15) is 39.4 Å². The van der Waals surface area contributed by atoms with E-state index in [9.17, 15) is 5.11 Å². The monoisotopic (exact) mass is 222 g/mol. The van der Waals surface area contributed by atoms with Crippen LogP contribution in [0.25, 0.3) is 0 Å². The standard InChI is InChI=1S/C13H22N2O/c1-5-15(10-13(3,4)16)11(2)12-8-6-7-9-14-12/h6-9,11,16H,5,10H2,1-4H3. The van der Waals surface area contributed by atoms with Crippen molar-refractivity contribution in [2.24, 2.45) is 0 Å². The number of pyridine rings is 1. The summed E-state index contributed by atoms with van der Waals surface area (Å²) in [5, 5.41) is 9.85. The maximum Gasteiger partial charge on any atom is 0.0718 e. The fourth-order valence-electron chi connectivity index (χ4n) is 1.83. The van der Waals surface area contributed by atoms with Crippen LogP contribution in [0.2, 0.25) is 0 Å². The molecule has 1 atom stereocenters. The minimum absolute atomic E-state index is 0.234. The average Bonchev–Trinajstić information content (AvgIpc) is 2.25. The van der Waals surface area contributed by atoms with Crippen LogP contribution in [-0.2, 0) is 0 Å². The number of hydrogen-bond donors (Lipinski definition) is 1. The Labute approximate surface area is 98.1 Å². The van der Waals surface area contributed by atoms with Crippen LogP contribution in [0.15, 0.2) is 24.4 Å². The summed E-state index contributed by atoms with van der Waals surface area (Å²) in [6.45, 7) is 9.45. The van der Waals surface area contributed by atoms with Crippen LogP contribution in [0.5, 0.6) is 0 Å². The molecule has 0 aliphatic carbocycles. The lowest BCUT2D eigenvalue weighted by atomic mass is 10.1. The minimum atomic E-state index is -0.668. The highest BCUT2D eigenvalue weighted by atomic mass is 16.3. The normalized spacial score (nSPS) is 14.1. The van der Waals surface area contributed by atoms with Crippen LogP contribution in [0.4, 0.5) is 0 Å². The smallest absolute Gasteiger partial charge is 0.0718 e.